The van der Waals surface area contributed by atoms with Crippen molar-refractivity contribution in [2.45, 2.75) is 60.9 Å². The monoisotopic (exact) mass is 584 g/mol. The van der Waals surface area contributed by atoms with E-state index in [0.29, 0.717) is 11.1 Å². The van der Waals surface area contributed by atoms with E-state index in [4.69, 9.17) is 10.8 Å². The summed E-state index contributed by atoms with van der Waals surface area (Å²) in [5.41, 5.74) is 10.7. The molecule has 0 aliphatic carbocycles. The maximum absolute atomic E-state index is 15.2. The minimum absolute atomic E-state index is 0.0402. The van der Waals surface area contributed by atoms with Gasteiger partial charge in [-0.3, -0.25) is 14.7 Å². The third-order valence-electron chi connectivity index (χ3n) is 6.44. The second-order valence-electron chi connectivity index (χ2n) is 9.35. The molecule has 1 aromatic heterocycles. The second-order valence-corrected chi connectivity index (χ2v) is 9.35. The number of pyridine rings is 1. The first-order chi connectivity index (χ1) is 20.1. The van der Waals surface area contributed by atoms with Crippen LogP contribution in [0.4, 0.5) is 4.39 Å². The van der Waals surface area contributed by atoms with Gasteiger partial charge in [0.1, 0.15) is 6.73 Å². The Kier molecular flexibility index (Phi) is 19.2. The highest BCUT2D eigenvalue weighted by Gasteiger charge is 2.20. The first kappa shape index (κ1) is 38.3. The van der Waals surface area contributed by atoms with Crippen molar-refractivity contribution in [1.29, 1.82) is 0 Å². The van der Waals surface area contributed by atoms with Gasteiger partial charge in [0, 0.05) is 58.2 Å². The maximum atomic E-state index is 15.2. The quantitative estimate of drug-likeness (QED) is 0.201. The molecule has 0 saturated heterocycles. The van der Waals surface area contributed by atoms with E-state index < -0.39 is 5.83 Å². The molecule has 0 saturated carbocycles. The van der Waals surface area contributed by atoms with E-state index in [1.54, 1.807) is 39.6 Å². The fourth-order valence-corrected chi connectivity index (χ4v) is 4.04. The van der Waals surface area contributed by atoms with Gasteiger partial charge in [0.15, 0.2) is 5.83 Å². The predicted molar refractivity (Wildman–Crippen MR) is 175 cm³/mol. The Morgan fingerprint density at radius 2 is 1.86 bits per heavy atom. The van der Waals surface area contributed by atoms with E-state index in [1.165, 1.54) is 22.7 Å². The van der Waals surface area contributed by atoms with E-state index in [-0.39, 0.29) is 24.4 Å². The zero-order valence-corrected chi connectivity index (χ0v) is 27.3. The van der Waals surface area contributed by atoms with E-state index in [2.05, 4.69) is 33.5 Å². The molecule has 2 heterocycles. The lowest BCUT2D eigenvalue weighted by atomic mass is 9.98. The van der Waals surface area contributed by atoms with Gasteiger partial charge in [-0.05, 0) is 68.8 Å². The molecule has 8 nitrogen and oxygen atoms in total. The van der Waals surface area contributed by atoms with Gasteiger partial charge < -0.3 is 26.4 Å². The summed E-state index contributed by atoms with van der Waals surface area (Å²) < 4.78 is 15.2. The lowest BCUT2D eigenvalue weighted by Gasteiger charge is -2.32. The van der Waals surface area contributed by atoms with Crippen molar-refractivity contribution < 1.29 is 14.3 Å². The number of nitrogens with one attached hydrogen (secondary N) is 2. The van der Waals surface area contributed by atoms with Crippen LogP contribution in [0.5, 0.6) is 0 Å². The van der Waals surface area contributed by atoms with Crippen LogP contribution in [-0.4, -0.2) is 72.8 Å². The molecule has 0 fully saturated rings. The summed E-state index contributed by atoms with van der Waals surface area (Å²) in [7, 11) is 5.19. The van der Waals surface area contributed by atoms with Crippen LogP contribution in [-0.2, 0) is 0 Å². The number of aliphatic hydroxyl groups excluding tert-OH is 1. The SMILES string of the molecule is CC.CC.CN\C=C/C(=C(C)/C=C(\C)C(C)N1CC=C(c2ccc(C(=O)N(C)C)cn2)CC1)C(/F)=C(N)\C=C/NCO. The highest BCUT2D eigenvalue weighted by Crippen LogP contribution is 2.26. The normalized spacial score (nSPS) is 15.8. The number of nitrogens with two attached hydrogens (primary N) is 1. The largest absolute Gasteiger partial charge is 0.396 e. The number of hydrogen-bond acceptors (Lipinski definition) is 7. The van der Waals surface area contributed by atoms with Gasteiger partial charge in [-0.15, -0.1) is 0 Å². The fourth-order valence-electron chi connectivity index (χ4n) is 4.04. The number of carbonyl (C=O) groups excluding carboxylic acids is 1. The smallest absolute Gasteiger partial charge is 0.254 e. The molecule has 5 N–H and O–H groups in total. The number of nitrogens with zero attached hydrogens (tertiary/aromatic N) is 3. The van der Waals surface area contributed by atoms with Crippen molar-refractivity contribution in [3.05, 3.63) is 94.5 Å². The van der Waals surface area contributed by atoms with Gasteiger partial charge in [-0.25, -0.2) is 4.39 Å². The highest BCUT2D eigenvalue weighted by molar-refractivity contribution is 5.93. The summed E-state index contributed by atoms with van der Waals surface area (Å²) in [6.07, 6.45) is 12.7. The molecule has 9 heteroatoms. The number of carbonyl (C=O) groups is 1. The van der Waals surface area contributed by atoms with E-state index >= 15 is 4.39 Å². The van der Waals surface area contributed by atoms with Crippen molar-refractivity contribution in [1.82, 2.24) is 25.4 Å². The number of aromatic nitrogens is 1. The lowest BCUT2D eigenvalue weighted by molar-refractivity contribution is 0.0827. The van der Waals surface area contributed by atoms with Crippen LogP contribution in [0, 0.1) is 0 Å². The number of hydrogen-bond donors (Lipinski definition) is 4. The second kappa shape index (κ2) is 21.1. The molecule has 0 radical (unpaired) electrons. The highest BCUT2D eigenvalue weighted by atomic mass is 19.1. The Bertz CT molecular complexity index is 1150. The van der Waals surface area contributed by atoms with Gasteiger partial charge in [0.2, 0.25) is 0 Å². The maximum Gasteiger partial charge on any atom is 0.254 e. The Labute approximate surface area is 253 Å². The van der Waals surface area contributed by atoms with Crippen molar-refractivity contribution in [2.24, 2.45) is 5.73 Å². The van der Waals surface area contributed by atoms with E-state index in [1.807, 2.05) is 59.8 Å². The number of halogens is 1. The molecule has 0 spiro atoms. The standard InChI is InChI=1S/C29H41FN6O2.2C2H6/c1-20(17-21(2)25(9-13-32-4)28(30)26(31)10-14-33-19-37)22(3)36-15-11-23(12-16-36)27-8-7-24(18-34-27)29(38)35(5)6;2*1-2/h7-11,13-14,17-18,22,32-33,37H,12,15-16,19,31H2,1-6H3;2*1-2H3/b13-9-,14-10-,20-17+,25-21-,28-26-;;. The Balaban J connectivity index is 0.00000402. The predicted octanol–water partition coefficient (Wildman–Crippen LogP) is 5.50. The third-order valence-corrected chi connectivity index (χ3v) is 6.44. The van der Waals surface area contributed by atoms with E-state index in [9.17, 15) is 4.79 Å². The van der Waals surface area contributed by atoms with Crippen LogP contribution in [0.15, 0.2) is 83.3 Å². The molecule has 234 valence electrons. The van der Waals surface area contributed by atoms with Gasteiger partial charge in [-0.2, -0.15) is 0 Å². The number of aliphatic hydroxyl groups is 1. The molecule has 1 aromatic rings. The van der Waals surface area contributed by atoms with Crippen LogP contribution >= 0.6 is 0 Å². The van der Waals surface area contributed by atoms with Crippen LogP contribution < -0.4 is 16.4 Å². The van der Waals surface area contributed by atoms with E-state index in [0.717, 1.165) is 36.4 Å². The van der Waals surface area contributed by atoms with Crippen molar-refractivity contribution in [2.75, 3.05) is 41.0 Å². The molecule has 1 aliphatic heterocycles. The molecular formula is C33H53FN6O2. The number of rotatable bonds is 11. The van der Waals surface area contributed by atoms with Crippen LogP contribution in [0.2, 0.25) is 0 Å². The lowest BCUT2D eigenvalue weighted by Crippen LogP contribution is -2.37. The van der Waals surface area contributed by atoms with Crippen molar-refractivity contribution in [3.63, 3.8) is 0 Å². The first-order valence-electron chi connectivity index (χ1n) is 14.6. The topological polar surface area (TPSA) is 107 Å². The minimum Gasteiger partial charge on any atom is -0.396 e. The molecule has 0 bridgehead atoms. The Morgan fingerprint density at radius 1 is 1.19 bits per heavy atom. The van der Waals surface area contributed by atoms with Crippen molar-refractivity contribution in [3.8, 4) is 0 Å². The van der Waals surface area contributed by atoms with Gasteiger partial charge in [-0.1, -0.05) is 45.4 Å². The van der Waals surface area contributed by atoms with Crippen molar-refractivity contribution >= 4 is 11.5 Å². The fraction of sp³-hybridized carbons (Fsp3) is 0.455. The molecule has 1 unspecified atom stereocenters. The zero-order valence-electron chi connectivity index (χ0n) is 27.3. The summed E-state index contributed by atoms with van der Waals surface area (Å²) in [6, 6.07) is 3.87. The molecule has 2 rings (SSSR count). The number of allylic oxidation sites excluding steroid dienone is 6. The molecule has 1 aliphatic rings. The average molecular weight is 585 g/mol. The van der Waals surface area contributed by atoms with Crippen LogP contribution in [0.3, 0.4) is 0 Å². The third kappa shape index (κ3) is 12.0. The molecule has 1 amide bonds. The van der Waals surface area contributed by atoms with Gasteiger partial charge >= 0.3 is 0 Å². The van der Waals surface area contributed by atoms with Crippen LogP contribution in [0.25, 0.3) is 5.57 Å². The van der Waals surface area contributed by atoms with Crippen LogP contribution in [0.1, 0.15) is 70.9 Å². The molecule has 0 aromatic carbocycles. The Morgan fingerprint density at radius 3 is 2.36 bits per heavy atom. The minimum atomic E-state index is -0.543. The molecule has 42 heavy (non-hydrogen) atoms. The summed E-state index contributed by atoms with van der Waals surface area (Å²) in [6.45, 7) is 15.4. The first-order valence-corrected chi connectivity index (χ1v) is 14.6. The Hall–Kier alpha value is -3.69. The summed E-state index contributed by atoms with van der Waals surface area (Å²) >= 11 is 0. The van der Waals surface area contributed by atoms with Gasteiger partial charge in [0.25, 0.3) is 5.91 Å². The summed E-state index contributed by atoms with van der Waals surface area (Å²) in [5, 5.41) is 14.3. The molecular weight excluding hydrogens is 531 g/mol. The zero-order chi connectivity index (χ0) is 32.2. The number of amides is 1. The summed E-state index contributed by atoms with van der Waals surface area (Å²) in [4.78, 5) is 20.5. The summed E-state index contributed by atoms with van der Waals surface area (Å²) in [5.74, 6) is -0.607. The average Bonchev–Trinajstić information content (AvgIpc) is 3.02. The molecule has 1 atom stereocenters. The van der Waals surface area contributed by atoms with Gasteiger partial charge in [0.05, 0.1) is 17.0 Å².